The number of benzene rings is 1. The maximum absolute atomic E-state index is 11.9. The smallest absolute Gasteiger partial charge is 0.310 e. The molecule has 0 aliphatic carbocycles. The van der Waals surface area contributed by atoms with Crippen molar-refractivity contribution in [3.8, 4) is 5.88 Å². The average molecular weight is 288 g/mol. The maximum Gasteiger partial charge on any atom is 0.310 e. The van der Waals surface area contributed by atoms with Crippen LogP contribution in [0.2, 0.25) is 0 Å². The lowest BCUT2D eigenvalue weighted by molar-refractivity contribution is -0.139. The summed E-state index contributed by atoms with van der Waals surface area (Å²) < 4.78 is 4.47. The molecule has 0 saturated heterocycles. The van der Waals surface area contributed by atoms with Crippen LogP contribution in [0.1, 0.15) is 22.5 Å². The summed E-state index contributed by atoms with van der Waals surface area (Å²) in [5.74, 6) is -0.704. The summed E-state index contributed by atoms with van der Waals surface area (Å²) in [4.78, 5) is 29.6. The number of aromatic hydroxyl groups is 1. The molecule has 0 radical (unpaired) electrons. The van der Waals surface area contributed by atoms with Crippen molar-refractivity contribution in [3.63, 3.8) is 0 Å². The molecule has 0 aliphatic rings. The molecule has 6 nitrogen and oxygen atoms in total. The highest BCUT2D eigenvalue weighted by Crippen LogP contribution is 2.12. The van der Waals surface area contributed by atoms with Gasteiger partial charge in [-0.25, -0.2) is 0 Å². The lowest BCUT2D eigenvalue weighted by Crippen LogP contribution is -2.20. The highest BCUT2D eigenvalue weighted by Gasteiger charge is 2.15. The summed E-state index contributed by atoms with van der Waals surface area (Å²) in [6.45, 7) is 1.98. The van der Waals surface area contributed by atoms with E-state index in [1.54, 1.807) is 0 Å². The molecule has 0 fully saturated rings. The molecule has 0 aliphatic heterocycles. The number of rotatable bonds is 4. The fourth-order valence-corrected chi connectivity index (χ4v) is 1.89. The van der Waals surface area contributed by atoms with Crippen molar-refractivity contribution < 1.29 is 14.6 Å². The van der Waals surface area contributed by atoms with Gasteiger partial charge in [0.05, 0.1) is 19.1 Å². The van der Waals surface area contributed by atoms with Crippen molar-refractivity contribution in [1.29, 1.82) is 0 Å². The van der Waals surface area contributed by atoms with Crippen molar-refractivity contribution in [2.45, 2.75) is 19.8 Å². The number of aryl methyl sites for hydroxylation is 1. The first-order valence-electron chi connectivity index (χ1n) is 6.43. The Balaban J connectivity index is 2.25. The number of carbonyl (C=O) groups is 1. The van der Waals surface area contributed by atoms with Gasteiger partial charge in [-0.1, -0.05) is 29.8 Å². The van der Waals surface area contributed by atoms with Crippen molar-refractivity contribution in [2.75, 3.05) is 7.11 Å². The molecule has 1 aromatic heterocycles. The lowest BCUT2D eigenvalue weighted by Gasteiger charge is -2.06. The molecule has 0 atom stereocenters. The number of aromatic amines is 1. The topological polar surface area (TPSA) is 92.3 Å². The predicted octanol–water partition coefficient (Wildman–Crippen LogP) is 1.09. The van der Waals surface area contributed by atoms with Crippen molar-refractivity contribution in [1.82, 2.24) is 9.97 Å². The number of H-pyrrole nitrogens is 1. The third-order valence-electron chi connectivity index (χ3n) is 3.08. The Bertz CT molecular complexity index is 705. The molecule has 1 heterocycles. The minimum absolute atomic E-state index is 0.0884. The van der Waals surface area contributed by atoms with E-state index in [1.165, 1.54) is 7.11 Å². The van der Waals surface area contributed by atoms with Crippen LogP contribution in [0.15, 0.2) is 29.1 Å². The monoisotopic (exact) mass is 288 g/mol. The van der Waals surface area contributed by atoms with Crippen LogP contribution in [0.3, 0.4) is 0 Å². The van der Waals surface area contributed by atoms with Gasteiger partial charge >= 0.3 is 5.97 Å². The first-order valence-corrected chi connectivity index (χ1v) is 6.43. The van der Waals surface area contributed by atoms with Crippen LogP contribution >= 0.6 is 0 Å². The normalized spacial score (nSPS) is 10.4. The first-order chi connectivity index (χ1) is 9.99. The zero-order valence-corrected chi connectivity index (χ0v) is 11.8. The van der Waals surface area contributed by atoms with Gasteiger partial charge in [-0.2, -0.15) is 4.98 Å². The largest absolute Gasteiger partial charge is 0.493 e. The third kappa shape index (κ3) is 3.68. The Labute approximate surface area is 121 Å². The summed E-state index contributed by atoms with van der Waals surface area (Å²) >= 11 is 0. The quantitative estimate of drug-likeness (QED) is 0.822. The third-order valence-corrected chi connectivity index (χ3v) is 3.08. The minimum atomic E-state index is -0.608. The molecule has 0 unspecified atom stereocenters. The second kappa shape index (κ2) is 6.21. The fourth-order valence-electron chi connectivity index (χ4n) is 1.89. The van der Waals surface area contributed by atoms with E-state index in [-0.39, 0.29) is 12.0 Å². The molecule has 0 bridgehead atoms. The lowest BCUT2D eigenvalue weighted by atomic mass is 10.1. The van der Waals surface area contributed by atoms with Gasteiger partial charge in [0, 0.05) is 6.42 Å². The Morgan fingerprint density at radius 1 is 1.33 bits per heavy atom. The standard InChI is InChI=1S/C15H16N2O4/c1-9-3-5-10(6-4-9)7-12-16-14(19)11(15(20)17-12)8-13(18)21-2/h3-6H,7-8H2,1-2H3,(H2,16,17,19,20). The molecule has 6 heteroatoms. The zero-order chi connectivity index (χ0) is 15.4. The Morgan fingerprint density at radius 3 is 2.57 bits per heavy atom. The maximum atomic E-state index is 11.9. The van der Waals surface area contributed by atoms with E-state index in [1.807, 2.05) is 31.2 Å². The molecule has 2 aromatic rings. The molecule has 0 amide bonds. The molecular weight excluding hydrogens is 272 g/mol. The number of hydrogen-bond donors (Lipinski definition) is 2. The number of nitrogens with zero attached hydrogens (tertiary/aromatic N) is 1. The minimum Gasteiger partial charge on any atom is -0.493 e. The van der Waals surface area contributed by atoms with Crippen LogP contribution in [0.5, 0.6) is 5.88 Å². The second-order valence-electron chi connectivity index (χ2n) is 4.73. The molecule has 2 rings (SSSR count). The fraction of sp³-hybridized carbons (Fsp3) is 0.267. The Hall–Kier alpha value is -2.63. The van der Waals surface area contributed by atoms with Crippen molar-refractivity contribution >= 4 is 5.97 Å². The predicted molar refractivity (Wildman–Crippen MR) is 76.2 cm³/mol. The van der Waals surface area contributed by atoms with E-state index >= 15 is 0 Å². The van der Waals surface area contributed by atoms with Crippen LogP contribution in [-0.4, -0.2) is 28.2 Å². The van der Waals surface area contributed by atoms with E-state index < -0.39 is 17.4 Å². The van der Waals surface area contributed by atoms with Gasteiger partial charge in [-0.05, 0) is 12.5 Å². The van der Waals surface area contributed by atoms with Gasteiger partial charge in [-0.15, -0.1) is 0 Å². The van der Waals surface area contributed by atoms with Crippen LogP contribution < -0.4 is 5.56 Å². The number of esters is 1. The first kappa shape index (κ1) is 14.8. The van der Waals surface area contributed by atoms with Gasteiger partial charge in [0.1, 0.15) is 5.82 Å². The summed E-state index contributed by atoms with van der Waals surface area (Å²) in [5, 5.41) is 9.80. The van der Waals surface area contributed by atoms with E-state index in [0.717, 1.165) is 11.1 Å². The number of carbonyl (C=O) groups excluding carboxylic acids is 1. The van der Waals surface area contributed by atoms with Crippen LogP contribution in [0, 0.1) is 6.92 Å². The van der Waals surface area contributed by atoms with Crippen molar-refractivity contribution in [2.24, 2.45) is 0 Å². The SMILES string of the molecule is COC(=O)Cc1c(O)nc(Cc2ccc(C)cc2)[nH]c1=O. The van der Waals surface area contributed by atoms with Crippen molar-refractivity contribution in [3.05, 3.63) is 57.1 Å². The molecule has 0 spiro atoms. The number of ether oxygens (including phenoxy) is 1. The van der Waals surface area contributed by atoms with E-state index in [4.69, 9.17) is 0 Å². The summed E-state index contributed by atoms with van der Waals surface area (Å²) in [5.41, 5.74) is 1.48. The molecule has 2 N–H and O–H groups in total. The van der Waals surface area contributed by atoms with Gasteiger partial charge < -0.3 is 14.8 Å². The molecule has 1 aromatic carbocycles. The van der Waals surface area contributed by atoms with Gasteiger partial charge in [-0.3, -0.25) is 9.59 Å². The molecule has 21 heavy (non-hydrogen) atoms. The number of methoxy groups -OCH3 is 1. The summed E-state index contributed by atoms with van der Waals surface area (Å²) in [7, 11) is 1.22. The van der Waals surface area contributed by atoms with Gasteiger partial charge in [0.15, 0.2) is 0 Å². The van der Waals surface area contributed by atoms with Gasteiger partial charge in [0.2, 0.25) is 5.88 Å². The summed E-state index contributed by atoms with van der Waals surface area (Å²) in [6.07, 6.45) is 0.0804. The number of hydrogen-bond acceptors (Lipinski definition) is 5. The Kier molecular flexibility index (Phi) is 4.37. The van der Waals surface area contributed by atoms with E-state index in [0.29, 0.717) is 12.2 Å². The van der Waals surface area contributed by atoms with E-state index in [9.17, 15) is 14.7 Å². The van der Waals surface area contributed by atoms with Crippen LogP contribution in [0.4, 0.5) is 0 Å². The zero-order valence-electron chi connectivity index (χ0n) is 11.8. The summed E-state index contributed by atoms with van der Waals surface area (Å²) in [6, 6.07) is 7.77. The highest BCUT2D eigenvalue weighted by molar-refractivity contribution is 5.72. The Morgan fingerprint density at radius 2 is 2.00 bits per heavy atom. The molecule has 0 saturated carbocycles. The molecule has 110 valence electrons. The second-order valence-corrected chi connectivity index (χ2v) is 4.73. The van der Waals surface area contributed by atoms with Crippen LogP contribution in [0.25, 0.3) is 0 Å². The van der Waals surface area contributed by atoms with E-state index in [2.05, 4.69) is 14.7 Å². The number of aromatic nitrogens is 2. The average Bonchev–Trinajstić information content (AvgIpc) is 2.45. The number of nitrogens with one attached hydrogen (secondary N) is 1. The van der Waals surface area contributed by atoms with Gasteiger partial charge in [0.25, 0.3) is 5.56 Å². The molecular formula is C15H16N2O4. The van der Waals surface area contributed by atoms with Crippen LogP contribution in [-0.2, 0) is 22.4 Å². The highest BCUT2D eigenvalue weighted by atomic mass is 16.5.